The predicted octanol–water partition coefficient (Wildman–Crippen LogP) is 6.61. The van der Waals surface area contributed by atoms with Gasteiger partial charge in [0.25, 0.3) is 0 Å². The van der Waals surface area contributed by atoms with Crippen molar-refractivity contribution in [2.75, 3.05) is 0 Å². The first-order chi connectivity index (χ1) is 14.1. The lowest BCUT2D eigenvalue weighted by atomic mass is 9.61. The highest BCUT2D eigenvalue weighted by atomic mass is 16.3. The Kier molecular flexibility index (Phi) is 7.51. The molecular formula is C28H44O2. The van der Waals surface area contributed by atoms with Crippen molar-refractivity contribution in [3.8, 4) is 0 Å². The van der Waals surface area contributed by atoms with E-state index in [4.69, 9.17) is 0 Å². The van der Waals surface area contributed by atoms with E-state index in [1.54, 1.807) is 5.57 Å². The number of fused-ring (bicyclic) bond motifs is 1. The van der Waals surface area contributed by atoms with Gasteiger partial charge in [-0.3, -0.25) is 0 Å². The summed E-state index contributed by atoms with van der Waals surface area (Å²) in [6, 6.07) is 0. The molecule has 2 N–H and O–H groups in total. The van der Waals surface area contributed by atoms with Crippen molar-refractivity contribution in [1.29, 1.82) is 0 Å². The second-order valence-electron chi connectivity index (χ2n) is 11.0. The van der Waals surface area contributed by atoms with E-state index in [0.717, 1.165) is 17.1 Å². The smallest absolute Gasteiger partial charge is 0.0811 e. The topological polar surface area (TPSA) is 40.5 Å². The third-order valence-electron chi connectivity index (χ3n) is 8.71. The SMILES string of the molecule is C=C1C(=CC=C2CCC[C@]3(C)[C@@H]([C@H](C)C=C[C@H](C)C(C)C)CC[C@@H]23)C[C@@H](O)C[C@H]1O. The van der Waals surface area contributed by atoms with E-state index in [-0.39, 0.29) is 0 Å². The Hall–Kier alpha value is -1.12. The summed E-state index contributed by atoms with van der Waals surface area (Å²) in [4.78, 5) is 0. The minimum absolute atomic E-state index is 0.385. The second-order valence-corrected chi connectivity index (χ2v) is 11.0. The van der Waals surface area contributed by atoms with Crippen LogP contribution >= 0.6 is 0 Å². The molecule has 0 heterocycles. The van der Waals surface area contributed by atoms with Crippen LogP contribution < -0.4 is 0 Å². The van der Waals surface area contributed by atoms with Gasteiger partial charge in [0, 0.05) is 6.42 Å². The zero-order valence-corrected chi connectivity index (χ0v) is 19.9. The van der Waals surface area contributed by atoms with Gasteiger partial charge < -0.3 is 10.2 Å². The molecule has 0 aromatic heterocycles. The van der Waals surface area contributed by atoms with Crippen LogP contribution in [-0.2, 0) is 0 Å². The molecule has 2 nitrogen and oxygen atoms in total. The number of aliphatic hydroxyl groups excluding tert-OH is 2. The zero-order valence-electron chi connectivity index (χ0n) is 19.9. The minimum atomic E-state index is -0.605. The van der Waals surface area contributed by atoms with Crippen LogP contribution in [0.15, 0.2) is 47.6 Å². The van der Waals surface area contributed by atoms with Gasteiger partial charge in [0.2, 0.25) is 0 Å². The molecule has 0 spiro atoms. The first kappa shape index (κ1) is 23.5. The van der Waals surface area contributed by atoms with Crippen LogP contribution in [0.25, 0.3) is 0 Å². The van der Waals surface area contributed by atoms with Crippen LogP contribution in [0.1, 0.15) is 79.6 Å². The van der Waals surface area contributed by atoms with Crippen LogP contribution in [0.2, 0.25) is 0 Å². The Balaban J connectivity index is 1.76. The lowest BCUT2D eigenvalue weighted by molar-refractivity contribution is 0.0862. The molecule has 0 radical (unpaired) electrons. The molecule has 3 fully saturated rings. The second kappa shape index (κ2) is 9.57. The summed E-state index contributed by atoms with van der Waals surface area (Å²) < 4.78 is 0. The number of hydrogen-bond donors (Lipinski definition) is 2. The summed E-state index contributed by atoms with van der Waals surface area (Å²) in [5, 5.41) is 20.2. The molecule has 0 bridgehead atoms. The van der Waals surface area contributed by atoms with Crippen LogP contribution in [0.5, 0.6) is 0 Å². The summed E-state index contributed by atoms with van der Waals surface area (Å²) in [6.45, 7) is 16.0. The molecule has 30 heavy (non-hydrogen) atoms. The van der Waals surface area contributed by atoms with E-state index in [9.17, 15) is 10.2 Å². The maximum absolute atomic E-state index is 10.1. The molecule has 3 rings (SSSR count). The summed E-state index contributed by atoms with van der Waals surface area (Å²) in [5.41, 5.74) is 3.77. The van der Waals surface area contributed by atoms with E-state index in [2.05, 4.69) is 65.5 Å². The molecule has 0 saturated heterocycles. The summed E-state index contributed by atoms with van der Waals surface area (Å²) >= 11 is 0. The third-order valence-corrected chi connectivity index (χ3v) is 8.71. The molecule has 3 saturated carbocycles. The summed E-state index contributed by atoms with van der Waals surface area (Å²) in [5.74, 6) is 3.38. The van der Waals surface area contributed by atoms with Gasteiger partial charge in [-0.05, 0) is 84.7 Å². The van der Waals surface area contributed by atoms with Crippen molar-refractivity contribution in [1.82, 2.24) is 0 Å². The summed E-state index contributed by atoms with van der Waals surface area (Å²) in [6.07, 6.45) is 15.8. The van der Waals surface area contributed by atoms with Gasteiger partial charge in [-0.15, -0.1) is 0 Å². The normalized spacial score (nSPS) is 39.8. The average molecular weight is 413 g/mol. The van der Waals surface area contributed by atoms with Crippen LogP contribution in [-0.4, -0.2) is 22.4 Å². The molecule has 3 aliphatic rings. The number of aliphatic hydroxyl groups is 2. The van der Waals surface area contributed by atoms with E-state index >= 15 is 0 Å². The van der Waals surface area contributed by atoms with Gasteiger partial charge >= 0.3 is 0 Å². The van der Waals surface area contributed by atoms with Gasteiger partial charge in [0.05, 0.1) is 12.2 Å². The fraction of sp³-hybridized carbons (Fsp3) is 0.714. The first-order valence-corrected chi connectivity index (χ1v) is 12.3. The highest BCUT2D eigenvalue weighted by Gasteiger charge is 2.50. The van der Waals surface area contributed by atoms with E-state index in [1.165, 1.54) is 32.1 Å². The van der Waals surface area contributed by atoms with E-state index in [0.29, 0.717) is 41.9 Å². The van der Waals surface area contributed by atoms with Crippen molar-refractivity contribution < 1.29 is 10.2 Å². The Bertz CT molecular complexity index is 712. The fourth-order valence-corrected chi connectivity index (χ4v) is 6.32. The lowest BCUT2D eigenvalue weighted by Gasteiger charge is -2.44. The number of hydrogen-bond acceptors (Lipinski definition) is 2. The Labute approximate surface area is 184 Å². The molecule has 7 atom stereocenters. The first-order valence-electron chi connectivity index (χ1n) is 12.3. The molecular weight excluding hydrogens is 368 g/mol. The van der Waals surface area contributed by atoms with Gasteiger partial charge in [-0.2, -0.15) is 0 Å². The molecule has 0 amide bonds. The number of allylic oxidation sites excluding steroid dienone is 5. The largest absolute Gasteiger partial charge is 0.393 e. The quantitative estimate of drug-likeness (QED) is 0.499. The monoisotopic (exact) mass is 412 g/mol. The minimum Gasteiger partial charge on any atom is -0.393 e. The van der Waals surface area contributed by atoms with Crippen molar-refractivity contribution in [3.63, 3.8) is 0 Å². The molecule has 0 aliphatic heterocycles. The standard InChI is InChI=1S/C28H44O2/c1-18(2)19(3)9-10-20(4)25-13-14-26-22(8-7-15-28(25,26)6)11-12-23-16-24(29)17-27(30)21(23)5/h9-12,18-20,24-27,29-30H,5,7-8,13-17H2,1-4,6H3/t19-,20+,24+,25+,26-,27+,28+/m0/s1. The van der Waals surface area contributed by atoms with E-state index in [1.807, 2.05) is 0 Å². The van der Waals surface area contributed by atoms with Crippen molar-refractivity contribution >= 4 is 0 Å². The fourth-order valence-electron chi connectivity index (χ4n) is 6.32. The highest BCUT2D eigenvalue weighted by molar-refractivity contribution is 5.38. The van der Waals surface area contributed by atoms with Crippen LogP contribution in [0, 0.1) is 35.0 Å². The number of rotatable bonds is 5. The van der Waals surface area contributed by atoms with Crippen molar-refractivity contribution in [2.24, 2.45) is 35.0 Å². The third kappa shape index (κ3) is 4.86. The zero-order chi connectivity index (χ0) is 22.1. The van der Waals surface area contributed by atoms with E-state index < -0.39 is 12.2 Å². The van der Waals surface area contributed by atoms with Gasteiger partial charge in [0.1, 0.15) is 0 Å². The molecule has 2 heteroatoms. The molecule has 0 aromatic rings. The average Bonchev–Trinajstić information content (AvgIpc) is 3.04. The molecule has 168 valence electrons. The Morgan fingerprint density at radius 3 is 2.50 bits per heavy atom. The summed E-state index contributed by atoms with van der Waals surface area (Å²) in [7, 11) is 0. The predicted molar refractivity (Wildman–Crippen MR) is 127 cm³/mol. The van der Waals surface area contributed by atoms with Gasteiger partial charge in [-0.1, -0.05) is 71.1 Å². The van der Waals surface area contributed by atoms with Crippen LogP contribution in [0.4, 0.5) is 0 Å². The lowest BCUT2D eigenvalue weighted by Crippen LogP contribution is -2.35. The molecule has 3 aliphatic carbocycles. The molecule has 0 unspecified atom stereocenters. The van der Waals surface area contributed by atoms with Gasteiger partial charge in [0.15, 0.2) is 0 Å². The van der Waals surface area contributed by atoms with Crippen molar-refractivity contribution in [3.05, 3.63) is 47.6 Å². The Morgan fingerprint density at radius 1 is 1.07 bits per heavy atom. The highest BCUT2D eigenvalue weighted by Crippen LogP contribution is 2.59. The van der Waals surface area contributed by atoms with Gasteiger partial charge in [-0.25, -0.2) is 0 Å². The Morgan fingerprint density at radius 2 is 1.80 bits per heavy atom. The van der Waals surface area contributed by atoms with Crippen LogP contribution in [0.3, 0.4) is 0 Å². The molecule has 0 aromatic carbocycles. The maximum atomic E-state index is 10.1. The van der Waals surface area contributed by atoms with Crippen molar-refractivity contribution in [2.45, 2.75) is 91.8 Å². The maximum Gasteiger partial charge on any atom is 0.0811 e.